The summed E-state index contributed by atoms with van der Waals surface area (Å²) in [5.74, 6) is -0.0376. The van der Waals surface area contributed by atoms with Crippen molar-refractivity contribution in [3.05, 3.63) is 62.9 Å². The van der Waals surface area contributed by atoms with Gasteiger partial charge in [0.05, 0.1) is 11.5 Å². The summed E-state index contributed by atoms with van der Waals surface area (Å²) in [6.45, 7) is 1.80. The molecular formula is C13H11ClN2O3. The van der Waals surface area contributed by atoms with Gasteiger partial charge in [-0.2, -0.15) is 0 Å². The van der Waals surface area contributed by atoms with Gasteiger partial charge in [0.15, 0.2) is 5.78 Å². The zero-order valence-corrected chi connectivity index (χ0v) is 10.9. The molecule has 2 aromatic rings. The van der Waals surface area contributed by atoms with Crippen molar-refractivity contribution < 1.29 is 9.72 Å². The molecule has 0 fully saturated rings. The Morgan fingerprint density at radius 2 is 2.16 bits per heavy atom. The van der Waals surface area contributed by atoms with Crippen LogP contribution in [0.1, 0.15) is 22.8 Å². The highest BCUT2D eigenvalue weighted by atomic mass is 35.5. The molecule has 0 radical (unpaired) electrons. The minimum atomic E-state index is -0.462. The SMILES string of the molecule is CC(=O)c1ccn(Cc2ccc(Cl)cc2[N+](=O)[O-])c1. The Hall–Kier alpha value is -2.14. The number of nitro benzene ring substituents is 1. The van der Waals surface area contributed by atoms with E-state index in [4.69, 9.17) is 11.6 Å². The molecule has 0 aliphatic heterocycles. The summed E-state index contributed by atoms with van der Waals surface area (Å²) in [5, 5.41) is 11.3. The average molecular weight is 279 g/mol. The van der Waals surface area contributed by atoms with Gasteiger partial charge < -0.3 is 4.57 Å². The van der Waals surface area contributed by atoms with Crippen molar-refractivity contribution in [3.8, 4) is 0 Å². The number of aromatic nitrogens is 1. The normalized spacial score (nSPS) is 10.4. The van der Waals surface area contributed by atoms with E-state index >= 15 is 0 Å². The molecule has 0 aliphatic rings. The predicted octanol–water partition coefficient (Wildman–Crippen LogP) is 3.30. The second kappa shape index (κ2) is 5.24. The van der Waals surface area contributed by atoms with Crippen LogP contribution in [-0.2, 0) is 6.54 Å². The van der Waals surface area contributed by atoms with E-state index in [1.165, 1.54) is 13.0 Å². The zero-order chi connectivity index (χ0) is 14.0. The molecule has 5 nitrogen and oxygen atoms in total. The molecule has 0 spiro atoms. The third-order valence-corrected chi connectivity index (χ3v) is 2.99. The van der Waals surface area contributed by atoms with Crippen LogP contribution in [0, 0.1) is 10.1 Å². The van der Waals surface area contributed by atoms with E-state index in [0.29, 0.717) is 22.7 Å². The van der Waals surface area contributed by atoms with E-state index < -0.39 is 4.92 Å². The van der Waals surface area contributed by atoms with E-state index in [-0.39, 0.29) is 11.5 Å². The average Bonchev–Trinajstić information content (AvgIpc) is 2.80. The summed E-state index contributed by atoms with van der Waals surface area (Å²) in [6, 6.07) is 6.24. The summed E-state index contributed by atoms with van der Waals surface area (Å²) in [5.41, 5.74) is 1.10. The van der Waals surface area contributed by atoms with Crippen molar-refractivity contribution in [1.29, 1.82) is 0 Å². The van der Waals surface area contributed by atoms with Crippen molar-refractivity contribution in [2.45, 2.75) is 13.5 Å². The Balaban J connectivity index is 2.32. The number of Topliss-reactive ketones (excluding diaryl/α,β-unsaturated/α-hetero) is 1. The molecule has 0 amide bonds. The number of carbonyl (C=O) groups is 1. The minimum Gasteiger partial charge on any atom is -0.349 e. The highest BCUT2D eigenvalue weighted by Crippen LogP contribution is 2.24. The molecule has 0 saturated heterocycles. The van der Waals surface area contributed by atoms with Crippen molar-refractivity contribution >= 4 is 23.1 Å². The Kier molecular flexibility index (Phi) is 3.66. The molecule has 1 aromatic carbocycles. The lowest BCUT2D eigenvalue weighted by Gasteiger charge is -2.04. The number of rotatable bonds is 4. The molecular weight excluding hydrogens is 268 g/mol. The summed E-state index contributed by atoms with van der Waals surface area (Å²) in [6.07, 6.45) is 3.38. The van der Waals surface area contributed by atoms with Crippen LogP contribution in [0.2, 0.25) is 5.02 Å². The number of hydrogen-bond acceptors (Lipinski definition) is 3. The van der Waals surface area contributed by atoms with Gasteiger partial charge in [-0.05, 0) is 25.1 Å². The van der Waals surface area contributed by atoms with Crippen LogP contribution in [0.15, 0.2) is 36.7 Å². The van der Waals surface area contributed by atoms with Gasteiger partial charge in [-0.25, -0.2) is 0 Å². The molecule has 0 aliphatic carbocycles. The van der Waals surface area contributed by atoms with Gasteiger partial charge in [0, 0.05) is 34.6 Å². The molecule has 6 heteroatoms. The van der Waals surface area contributed by atoms with Gasteiger partial charge >= 0.3 is 0 Å². The highest BCUT2D eigenvalue weighted by Gasteiger charge is 2.14. The van der Waals surface area contributed by atoms with E-state index in [2.05, 4.69) is 0 Å². The fraction of sp³-hybridized carbons (Fsp3) is 0.154. The highest BCUT2D eigenvalue weighted by molar-refractivity contribution is 6.30. The largest absolute Gasteiger partial charge is 0.349 e. The lowest BCUT2D eigenvalue weighted by Crippen LogP contribution is -2.01. The lowest BCUT2D eigenvalue weighted by molar-refractivity contribution is -0.385. The van der Waals surface area contributed by atoms with Crippen molar-refractivity contribution in [2.24, 2.45) is 0 Å². The van der Waals surface area contributed by atoms with Gasteiger partial charge in [0.1, 0.15) is 0 Å². The number of carbonyl (C=O) groups excluding carboxylic acids is 1. The van der Waals surface area contributed by atoms with Gasteiger partial charge in [-0.15, -0.1) is 0 Å². The molecule has 1 heterocycles. The van der Waals surface area contributed by atoms with Crippen molar-refractivity contribution in [3.63, 3.8) is 0 Å². The van der Waals surface area contributed by atoms with Crippen LogP contribution in [0.25, 0.3) is 0 Å². The number of benzene rings is 1. The number of ketones is 1. The molecule has 0 saturated carbocycles. The maximum atomic E-state index is 11.2. The van der Waals surface area contributed by atoms with Crippen LogP contribution in [0.4, 0.5) is 5.69 Å². The first-order chi connectivity index (χ1) is 8.97. The van der Waals surface area contributed by atoms with E-state index in [9.17, 15) is 14.9 Å². The van der Waals surface area contributed by atoms with Crippen molar-refractivity contribution in [2.75, 3.05) is 0 Å². The fourth-order valence-corrected chi connectivity index (χ4v) is 1.95. The number of halogens is 1. The number of nitro groups is 1. The van der Waals surface area contributed by atoms with E-state index in [1.54, 1.807) is 35.2 Å². The van der Waals surface area contributed by atoms with Gasteiger partial charge in [-0.1, -0.05) is 11.6 Å². The lowest BCUT2D eigenvalue weighted by atomic mass is 10.2. The second-order valence-electron chi connectivity index (χ2n) is 4.16. The Labute approximate surface area is 114 Å². The van der Waals surface area contributed by atoms with Crippen LogP contribution in [0.3, 0.4) is 0 Å². The monoisotopic (exact) mass is 278 g/mol. The number of hydrogen-bond donors (Lipinski definition) is 0. The van der Waals surface area contributed by atoms with Crippen LogP contribution >= 0.6 is 11.6 Å². The molecule has 0 atom stereocenters. The standard InChI is InChI=1S/C13H11ClN2O3/c1-9(17)10-4-5-15(7-10)8-11-2-3-12(14)6-13(11)16(18)19/h2-7H,8H2,1H3. The van der Waals surface area contributed by atoms with E-state index in [1.807, 2.05) is 0 Å². The fourth-order valence-electron chi connectivity index (χ4n) is 1.78. The first-order valence-electron chi connectivity index (χ1n) is 5.57. The molecule has 19 heavy (non-hydrogen) atoms. The van der Waals surface area contributed by atoms with Gasteiger partial charge in [0.25, 0.3) is 5.69 Å². The second-order valence-corrected chi connectivity index (χ2v) is 4.60. The van der Waals surface area contributed by atoms with E-state index in [0.717, 1.165) is 0 Å². The topological polar surface area (TPSA) is 65.1 Å². The summed E-state index contributed by atoms with van der Waals surface area (Å²) < 4.78 is 1.73. The molecule has 0 bridgehead atoms. The first kappa shape index (κ1) is 13.3. The minimum absolute atomic E-state index is 0.0226. The third kappa shape index (κ3) is 3.00. The predicted molar refractivity (Wildman–Crippen MR) is 71.6 cm³/mol. The molecule has 0 unspecified atom stereocenters. The third-order valence-electron chi connectivity index (χ3n) is 2.75. The van der Waals surface area contributed by atoms with Crippen LogP contribution in [0.5, 0.6) is 0 Å². The quantitative estimate of drug-likeness (QED) is 0.490. The van der Waals surface area contributed by atoms with Gasteiger partial charge in [-0.3, -0.25) is 14.9 Å². The molecule has 2 rings (SSSR count). The van der Waals surface area contributed by atoms with Crippen LogP contribution in [-0.4, -0.2) is 15.3 Å². The number of nitrogens with zero attached hydrogens (tertiary/aromatic N) is 2. The maximum Gasteiger partial charge on any atom is 0.275 e. The summed E-state index contributed by atoms with van der Waals surface area (Å²) in [4.78, 5) is 21.7. The first-order valence-corrected chi connectivity index (χ1v) is 5.94. The van der Waals surface area contributed by atoms with Gasteiger partial charge in [0.2, 0.25) is 0 Å². The maximum absolute atomic E-state index is 11.2. The Bertz CT molecular complexity index is 649. The Morgan fingerprint density at radius 1 is 1.42 bits per heavy atom. The summed E-state index contributed by atoms with van der Waals surface area (Å²) >= 11 is 5.75. The Morgan fingerprint density at radius 3 is 2.74 bits per heavy atom. The molecule has 0 N–H and O–H groups in total. The smallest absolute Gasteiger partial charge is 0.275 e. The summed E-state index contributed by atoms with van der Waals surface area (Å²) in [7, 11) is 0. The van der Waals surface area contributed by atoms with Crippen molar-refractivity contribution in [1.82, 2.24) is 4.57 Å². The molecule has 98 valence electrons. The zero-order valence-electron chi connectivity index (χ0n) is 10.2. The van der Waals surface area contributed by atoms with Crippen LogP contribution < -0.4 is 0 Å². The molecule has 1 aromatic heterocycles.